The number of ether oxygens (including phenoxy) is 1. The summed E-state index contributed by atoms with van der Waals surface area (Å²) in [6, 6.07) is 15.3. The van der Waals surface area contributed by atoms with Crippen LogP contribution in [0.2, 0.25) is 0 Å². The van der Waals surface area contributed by atoms with Crippen molar-refractivity contribution in [3.05, 3.63) is 59.3 Å². The third kappa shape index (κ3) is 2.52. The van der Waals surface area contributed by atoms with Gasteiger partial charge in [0, 0.05) is 28.0 Å². The van der Waals surface area contributed by atoms with Crippen molar-refractivity contribution in [1.29, 1.82) is 0 Å². The van der Waals surface area contributed by atoms with E-state index < -0.39 is 0 Å². The molecule has 0 bridgehead atoms. The van der Waals surface area contributed by atoms with Gasteiger partial charge in [-0.25, -0.2) is 0 Å². The lowest BCUT2D eigenvalue weighted by molar-refractivity contribution is 0.414. The Labute approximate surface area is 140 Å². The zero-order valence-electron chi connectivity index (χ0n) is 13.3. The summed E-state index contributed by atoms with van der Waals surface area (Å²) in [5.74, 6) is 0.894. The smallest absolute Gasteiger partial charge is 0.118 e. The van der Waals surface area contributed by atoms with Crippen LogP contribution in [0.1, 0.15) is 22.9 Å². The molecule has 4 heteroatoms. The highest BCUT2D eigenvalue weighted by Crippen LogP contribution is 2.35. The van der Waals surface area contributed by atoms with Crippen molar-refractivity contribution in [2.75, 3.05) is 19.9 Å². The molecule has 0 fully saturated rings. The molecule has 0 saturated heterocycles. The summed E-state index contributed by atoms with van der Waals surface area (Å²) < 4.78 is 5.27. The lowest BCUT2D eigenvalue weighted by atomic mass is 9.94. The van der Waals surface area contributed by atoms with E-state index in [2.05, 4.69) is 46.9 Å². The Morgan fingerprint density at radius 2 is 1.96 bits per heavy atom. The third-order valence-corrected chi connectivity index (χ3v) is 5.33. The molecule has 3 nitrogen and oxygen atoms in total. The van der Waals surface area contributed by atoms with Crippen molar-refractivity contribution in [2.24, 2.45) is 0 Å². The second-order valence-corrected chi connectivity index (χ2v) is 6.72. The highest BCUT2D eigenvalue weighted by atomic mass is 32.2. The minimum Gasteiger partial charge on any atom is -0.497 e. The number of aromatic amines is 1. The Balaban J connectivity index is 1.81. The summed E-state index contributed by atoms with van der Waals surface area (Å²) in [6.07, 6.45) is 3.20. The summed E-state index contributed by atoms with van der Waals surface area (Å²) in [6.45, 7) is 1.00. The predicted octanol–water partition coefficient (Wildman–Crippen LogP) is 4.13. The van der Waals surface area contributed by atoms with Crippen molar-refractivity contribution >= 4 is 22.7 Å². The number of hydrogen-bond acceptors (Lipinski definition) is 3. The molecule has 0 radical (unpaired) electrons. The quantitative estimate of drug-likeness (QED) is 0.711. The van der Waals surface area contributed by atoms with Gasteiger partial charge in [0.2, 0.25) is 0 Å². The third-order valence-electron chi connectivity index (χ3n) is 4.61. The number of benzene rings is 2. The number of nitrogens with one attached hydrogen (secondary N) is 2. The molecule has 3 aromatic rings. The van der Waals surface area contributed by atoms with Crippen LogP contribution in [-0.2, 0) is 6.42 Å². The van der Waals surface area contributed by atoms with Gasteiger partial charge in [0.25, 0.3) is 0 Å². The molecule has 1 atom stereocenters. The van der Waals surface area contributed by atoms with Crippen molar-refractivity contribution in [2.45, 2.75) is 17.4 Å². The minimum absolute atomic E-state index is 0.217. The molecule has 1 aromatic heterocycles. The lowest BCUT2D eigenvalue weighted by Crippen LogP contribution is -2.30. The number of thioether (sulfide) groups is 1. The molecule has 2 N–H and O–H groups in total. The molecule has 0 spiro atoms. The van der Waals surface area contributed by atoms with Crippen LogP contribution in [0.4, 0.5) is 0 Å². The number of aromatic nitrogens is 1. The molecular weight excluding hydrogens is 304 g/mol. The monoisotopic (exact) mass is 324 g/mol. The van der Waals surface area contributed by atoms with E-state index in [0.29, 0.717) is 0 Å². The maximum atomic E-state index is 5.27. The van der Waals surface area contributed by atoms with Crippen molar-refractivity contribution in [3.8, 4) is 5.75 Å². The van der Waals surface area contributed by atoms with Crippen LogP contribution in [0.25, 0.3) is 10.9 Å². The molecule has 1 aliphatic heterocycles. The van der Waals surface area contributed by atoms with Crippen LogP contribution < -0.4 is 10.1 Å². The van der Waals surface area contributed by atoms with E-state index in [4.69, 9.17) is 4.74 Å². The Morgan fingerprint density at radius 3 is 2.70 bits per heavy atom. The second kappa shape index (κ2) is 5.95. The number of hydrogen-bond donors (Lipinski definition) is 2. The number of rotatable bonds is 3. The topological polar surface area (TPSA) is 37.0 Å². The van der Waals surface area contributed by atoms with E-state index in [0.717, 1.165) is 18.7 Å². The molecule has 2 heterocycles. The molecule has 1 unspecified atom stereocenters. The normalized spacial score (nSPS) is 17.2. The maximum Gasteiger partial charge on any atom is 0.118 e. The van der Waals surface area contributed by atoms with Crippen LogP contribution in [0.3, 0.4) is 0 Å². The minimum atomic E-state index is 0.217. The van der Waals surface area contributed by atoms with Gasteiger partial charge < -0.3 is 15.0 Å². The summed E-state index contributed by atoms with van der Waals surface area (Å²) in [5, 5.41) is 5.01. The van der Waals surface area contributed by atoms with E-state index >= 15 is 0 Å². The average molecular weight is 324 g/mol. The van der Waals surface area contributed by atoms with Crippen LogP contribution in [0, 0.1) is 0 Å². The molecule has 0 amide bonds. The molecule has 0 saturated carbocycles. The Morgan fingerprint density at radius 1 is 1.13 bits per heavy atom. The van der Waals surface area contributed by atoms with Gasteiger partial charge in [0.1, 0.15) is 5.75 Å². The number of methoxy groups -OCH3 is 1. The largest absolute Gasteiger partial charge is 0.497 e. The van der Waals surface area contributed by atoms with Crippen molar-refractivity contribution in [3.63, 3.8) is 0 Å². The van der Waals surface area contributed by atoms with Crippen molar-refractivity contribution < 1.29 is 4.74 Å². The van der Waals surface area contributed by atoms with Gasteiger partial charge in [-0.3, -0.25) is 0 Å². The van der Waals surface area contributed by atoms with Crippen LogP contribution in [-0.4, -0.2) is 24.9 Å². The first-order valence-electron chi connectivity index (χ1n) is 7.86. The summed E-state index contributed by atoms with van der Waals surface area (Å²) in [7, 11) is 1.70. The van der Waals surface area contributed by atoms with Gasteiger partial charge in [-0.05, 0) is 54.1 Å². The van der Waals surface area contributed by atoms with E-state index in [-0.39, 0.29) is 6.04 Å². The molecule has 4 rings (SSSR count). The van der Waals surface area contributed by atoms with Gasteiger partial charge in [-0.2, -0.15) is 0 Å². The highest BCUT2D eigenvalue weighted by molar-refractivity contribution is 7.98. The van der Waals surface area contributed by atoms with Gasteiger partial charge in [0.05, 0.1) is 13.2 Å². The summed E-state index contributed by atoms with van der Waals surface area (Å²) >= 11 is 1.80. The standard InChI is InChI=1S/C19H20N2OS/c1-22-13-5-3-12(4-6-13)18-19-15(9-10-20-18)16-11-14(23-2)7-8-17(16)21-19/h3-8,11,18,20-21H,9-10H2,1-2H3. The van der Waals surface area contributed by atoms with E-state index in [9.17, 15) is 0 Å². The van der Waals surface area contributed by atoms with Crippen LogP contribution in [0.5, 0.6) is 5.75 Å². The Bertz CT molecular complexity index is 838. The van der Waals surface area contributed by atoms with Gasteiger partial charge in [-0.15, -0.1) is 11.8 Å². The molecule has 1 aliphatic rings. The first-order chi connectivity index (χ1) is 11.3. The number of H-pyrrole nitrogens is 1. The van der Waals surface area contributed by atoms with Crippen LogP contribution in [0.15, 0.2) is 47.4 Å². The molecule has 23 heavy (non-hydrogen) atoms. The van der Waals surface area contributed by atoms with E-state index in [1.54, 1.807) is 18.9 Å². The fourth-order valence-corrected chi connectivity index (χ4v) is 3.85. The van der Waals surface area contributed by atoms with Crippen LogP contribution >= 0.6 is 11.8 Å². The fourth-order valence-electron chi connectivity index (χ4n) is 3.41. The van der Waals surface area contributed by atoms with Gasteiger partial charge in [-0.1, -0.05) is 12.1 Å². The molecule has 118 valence electrons. The maximum absolute atomic E-state index is 5.27. The first kappa shape index (κ1) is 14.7. The Hall–Kier alpha value is -1.91. The average Bonchev–Trinajstić information content (AvgIpc) is 2.99. The Kier molecular flexibility index (Phi) is 3.79. The summed E-state index contributed by atoms with van der Waals surface area (Å²) in [4.78, 5) is 4.96. The number of fused-ring (bicyclic) bond motifs is 3. The van der Waals surface area contributed by atoms with Crippen molar-refractivity contribution in [1.82, 2.24) is 10.3 Å². The second-order valence-electron chi connectivity index (χ2n) is 5.84. The molecule has 2 aromatic carbocycles. The fraction of sp³-hybridized carbons (Fsp3) is 0.263. The lowest BCUT2D eigenvalue weighted by Gasteiger charge is -2.25. The van der Waals surface area contributed by atoms with E-state index in [1.165, 1.54) is 32.6 Å². The highest BCUT2D eigenvalue weighted by Gasteiger charge is 2.25. The zero-order chi connectivity index (χ0) is 15.8. The van der Waals surface area contributed by atoms with E-state index in [1.807, 2.05) is 12.1 Å². The zero-order valence-corrected chi connectivity index (χ0v) is 14.2. The van der Waals surface area contributed by atoms with Gasteiger partial charge in [0.15, 0.2) is 0 Å². The molecular formula is C19H20N2OS. The summed E-state index contributed by atoms with van der Waals surface area (Å²) in [5.41, 5.74) is 5.25. The van der Waals surface area contributed by atoms with Gasteiger partial charge >= 0.3 is 0 Å². The molecule has 0 aliphatic carbocycles. The first-order valence-corrected chi connectivity index (χ1v) is 9.08. The SMILES string of the molecule is COc1ccc(C2NCCc3c2[nH]c2ccc(SC)cc32)cc1. The predicted molar refractivity (Wildman–Crippen MR) is 96.6 cm³/mol.